The van der Waals surface area contributed by atoms with Crippen LogP contribution in [0.5, 0.6) is 5.75 Å². The fourth-order valence-electron chi connectivity index (χ4n) is 5.13. The highest BCUT2D eigenvalue weighted by atomic mass is 32.2. The standard InChI is InChI=1S/C28H24F5NO2S/c29-20-8-11-26(25(30)13-20)36-23-14-21-9-10-22(15-23)34(21)27(35)18-6-4-17(5-7-18)16-37-24-3-1-2-19(12-24)28(31,32)33/h1-8,11-13,21-23H,9-10,14-16H2/t21-,22-/m0/s1. The molecule has 0 radical (unpaired) electrons. The molecule has 2 atom stereocenters. The van der Waals surface area contributed by atoms with Gasteiger partial charge in [0.2, 0.25) is 0 Å². The predicted molar refractivity (Wildman–Crippen MR) is 130 cm³/mol. The van der Waals surface area contributed by atoms with Crippen molar-refractivity contribution in [2.24, 2.45) is 0 Å². The summed E-state index contributed by atoms with van der Waals surface area (Å²) in [4.78, 5) is 15.7. The van der Waals surface area contributed by atoms with Gasteiger partial charge in [-0.3, -0.25) is 4.79 Å². The molecule has 194 valence electrons. The third kappa shape index (κ3) is 5.76. The van der Waals surface area contributed by atoms with E-state index in [-0.39, 0.29) is 29.8 Å². The highest BCUT2D eigenvalue weighted by Crippen LogP contribution is 2.39. The van der Waals surface area contributed by atoms with Crippen molar-refractivity contribution in [1.29, 1.82) is 0 Å². The fourth-order valence-corrected chi connectivity index (χ4v) is 6.04. The summed E-state index contributed by atoms with van der Waals surface area (Å²) in [6.07, 6.45) is -1.80. The molecule has 3 aromatic rings. The number of halogens is 5. The van der Waals surface area contributed by atoms with Gasteiger partial charge in [0.15, 0.2) is 11.6 Å². The molecule has 0 spiro atoms. The number of carbonyl (C=O) groups excluding carboxylic acids is 1. The molecule has 2 fully saturated rings. The van der Waals surface area contributed by atoms with E-state index in [1.54, 1.807) is 18.2 Å². The molecule has 0 aliphatic carbocycles. The number of nitrogens with zero attached hydrogens (tertiary/aromatic N) is 1. The lowest BCUT2D eigenvalue weighted by Gasteiger charge is -2.39. The molecule has 3 nitrogen and oxygen atoms in total. The molecule has 2 heterocycles. The highest BCUT2D eigenvalue weighted by molar-refractivity contribution is 7.98. The zero-order chi connectivity index (χ0) is 26.2. The first-order valence-electron chi connectivity index (χ1n) is 12.0. The Balaban J connectivity index is 1.19. The van der Waals surface area contributed by atoms with E-state index in [0.717, 1.165) is 42.7 Å². The molecule has 2 saturated heterocycles. The number of thioether (sulfide) groups is 1. The van der Waals surface area contributed by atoms with Crippen LogP contribution in [0.15, 0.2) is 71.6 Å². The van der Waals surface area contributed by atoms with Crippen molar-refractivity contribution < 1.29 is 31.5 Å². The van der Waals surface area contributed by atoms with Crippen LogP contribution in [0.1, 0.15) is 47.2 Å². The summed E-state index contributed by atoms with van der Waals surface area (Å²) in [5.41, 5.74) is 0.772. The molecule has 2 aliphatic heterocycles. The van der Waals surface area contributed by atoms with Crippen molar-refractivity contribution in [3.63, 3.8) is 0 Å². The second-order valence-corrected chi connectivity index (χ2v) is 10.4. The Labute approximate surface area is 215 Å². The average Bonchev–Trinajstić information content (AvgIpc) is 3.14. The summed E-state index contributed by atoms with van der Waals surface area (Å²) < 4.78 is 71.8. The first kappa shape index (κ1) is 25.6. The Hall–Kier alpha value is -3.07. The van der Waals surface area contributed by atoms with Crippen LogP contribution in [0, 0.1) is 11.6 Å². The minimum atomic E-state index is -4.38. The summed E-state index contributed by atoms with van der Waals surface area (Å²) in [5.74, 6) is -0.980. The number of benzene rings is 3. The quantitative estimate of drug-likeness (QED) is 0.243. The minimum Gasteiger partial charge on any atom is -0.487 e. The van der Waals surface area contributed by atoms with Crippen LogP contribution in [0.3, 0.4) is 0 Å². The van der Waals surface area contributed by atoms with Crippen molar-refractivity contribution in [2.45, 2.75) is 60.7 Å². The summed E-state index contributed by atoms with van der Waals surface area (Å²) in [5, 5.41) is 0. The number of ether oxygens (including phenoxy) is 1. The van der Waals surface area contributed by atoms with Crippen LogP contribution in [-0.4, -0.2) is 29.0 Å². The largest absolute Gasteiger partial charge is 0.487 e. The average molecular weight is 534 g/mol. The number of fused-ring (bicyclic) bond motifs is 2. The summed E-state index contributed by atoms with van der Waals surface area (Å²) in [7, 11) is 0. The van der Waals surface area contributed by atoms with Gasteiger partial charge in [0, 0.05) is 47.2 Å². The molecule has 0 unspecified atom stereocenters. The molecule has 9 heteroatoms. The number of rotatable bonds is 6. The minimum absolute atomic E-state index is 0.0177. The number of carbonyl (C=O) groups is 1. The van der Waals surface area contributed by atoms with Crippen LogP contribution < -0.4 is 4.74 Å². The van der Waals surface area contributed by atoms with Crippen LogP contribution >= 0.6 is 11.8 Å². The Kier molecular flexibility index (Phi) is 7.16. The Bertz CT molecular complexity index is 1270. The Morgan fingerprint density at radius 2 is 1.65 bits per heavy atom. The molecule has 37 heavy (non-hydrogen) atoms. The zero-order valence-corrected chi connectivity index (χ0v) is 20.5. The molecule has 3 aromatic carbocycles. The number of alkyl halides is 3. The van der Waals surface area contributed by atoms with Gasteiger partial charge in [0.25, 0.3) is 5.91 Å². The Morgan fingerprint density at radius 3 is 2.30 bits per heavy atom. The van der Waals surface area contributed by atoms with Crippen LogP contribution in [0.2, 0.25) is 0 Å². The van der Waals surface area contributed by atoms with Crippen molar-refractivity contribution in [3.05, 3.63) is 95.1 Å². The summed E-state index contributed by atoms with van der Waals surface area (Å²) in [6.45, 7) is 0. The van der Waals surface area contributed by atoms with E-state index in [1.807, 2.05) is 17.0 Å². The number of amides is 1. The molecular formula is C28H24F5NO2S. The fraction of sp³-hybridized carbons (Fsp3) is 0.321. The first-order chi connectivity index (χ1) is 17.7. The van der Waals surface area contributed by atoms with E-state index >= 15 is 0 Å². The van der Waals surface area contributed by atoms with E-state index in [0.29, 0.717) is 29.1 Å². The van der Waals surface area contributed by atoms with Gasteiger partial charge in [-0.1, -0.05) is 18.2 Å². The van der Waals surface area contributed by atoms with Crippen LogP contribution in [0.4, 0.5) is 22.0 Å². The van der Waals surface area contributed by atoms with E-state index in [4.69, 9.17) is 4.74 Å². The maximum Gasteiger partial charge on any atom is 0.416 e. The van der Waals surface area contributed by atoms with Gasteiger partial charge in [-0.15, -0.1) is 11.8 Å². The van der Waals surface area contributed by atoms with Gasteiger partial charge in [-0.25, -0.2) is 8.78 Å². The molecule has 5 rings (SSSR count). The predicted octanol–water partition coefficient (Wildman–Crippen LogP) is 7.49. The van der Waals surface area contributed by atoms with Crippen molar-refractivity contribution >= 4 is 17.7 Å². The van der Waals surface area contributed by atoms with E-state index in [9.17, 15) is 26.7 Å². The topological polar surface area (TPSA) is 29.5 Å². The lowest BCUT2D eigenvalue weighted by atomic mass is 9.98. The Morgan fingerprint density at radius 1 is 0.946 bits per heavy atom. The molecule has 0 N–H and O–H groups in total. The third-order valence-corrected chi connectivity index (χ3v) is 7.94. The smallest absolute Gasteiger partial charge is 0.416 e. The second kappa shape index (κ2) is 10.4. The molecule has 2 aliphatic rings. The van der Waals surface area contributed by atoms with Crippen LogP contribution in [-0.2, 0) is 11.9 Å². The normalized spacial score (nSPS) is 21.2. The SMILES string of the molecule is O=C(c1ccc(CSc2cccc(C(F)(F)F)c2)cc1)N1[C@H]2CC[C@H]1CC(Oc1ccc(F)cc1F)C2. The summed E-state index contributed by atoms with van der Waals surface area (Å²) in [6, 6.07) is 15.6. The molecular weight excluding hydrogens is 509 g/mol. The van der Waals surface area contributed by atoms with Crippen molar-refractivity contribution in [3.8, 4) is 5.75 Å². The van der Waals surface area contributed by atoms with Gasteiger partial charge in [-0.2, -0.15) is 13.2 Å². The zero-order valence-electron chi connectivity index (χ0n) is 19.7. The lowest BCUT2D eigenvalue weighted by Crippen LogP contribution is -2.49. The first-order valence-corrected chi connectivity index (χ1v) is 13.0. The van der Waals surface area contributed by atoms with Crippen LogP contribution in [0.25, 0.3) is 0 Å². The maximum absolute atomic E-state index is 14.0. The van der Waals surface area contributed by atoms with Gasteiger partial charge in [0.05, 0.1) is 5.56 Å². The molecule has 0 aromatic heterocycles. The van der Waals surface area contributed by atoms with Gasteiger partial charge in [0.1, 0.15) is 11.9 Å². The molecule has 0 saturated carbocycles. The third-order valence-electron chi connectivity index (χ3n) is 6.88. The van der Waals surface area contributed by atoms with Gasteiger partial charge in [-0.05, 0) is 60.9 Å². The van der Waals surface area contributed by atoms with E-state index in [1.165, 1.54) is 23.9 Å². The molecule has 2 bridgehead atoms. The number of hydrogen-bond acceptors (Lipinski definition) is 3. The maximum atomic E-state index is 14.0. The number of piperidine rings is 1. The second-order valence-electron chi connectivity index (χ2n) is 9.39. The summed E-state index contributed by atoms with van der Waals surface area (Å²) >= 11 is 1.30. The molecule has 1 amide bonds. The van der Waals surface area contributed by atoms with Gasteiger partial charge < -0.3 is 9.64 Å². The van der Waals surface area contributed by atoms with E-state index in [2.05, 4.69) is 0 Å². The number of hydrogen-bond donors (Lipinski definition) is 0. The van der Waals surface area contributed by atoms with Crippen molar-refractivity contribution in [1.82, 2.24) is 4.90 Å². The lowest BCUT2D eigenvalue weighted by molar-refractivity contribution is -0.137. The highest BCUT2D eigenvalue weighted by Gasteiger charge is 2.44. The van der Waals surface area contributed by atoms with Crippen molar-refractivity contribution in [2.75, 3.05) is 0 Å². The van der Waals surface area contributed by atoms with E-state index < -0.39 is 23.4 Å². The monoisotopic (exact) mass is 533 g/mol. The van der Waals surface area contributed by atoms with Gasteiger partial charge >= 0.3 is 6.18 Å².